The lowest BCUT2D eigenvalue weighted by molar-refractivity contribution is 0.112. The summed E-state index contributed by atoms with van der Waals surface area (Å²) < 4.78 is 16.6. The van der Waals surface area contributed by atoms with Crippen LogP contribution in [0.2, 0.25) is 0 Å². The highest BCUT2D eigenvalue weighted by molar-refractivity contribution is 5.78. The third-order valence-electron chi connectivity index (χ3n) is 3.22. The molecule has 0 aromatic heterocycles. The van der Waals surface area contributed by atoms with Gasteiger partial charge in [-0.1, -0.05) is 18.2 Å². The van der Waals surface area contributed by atoms with Gasteiger partial charge in [-0.3, -0.25) is 4.79 Å². The summed E-state index contributed by atoms with van der Waals surface area (Å²) in [6.45, 7) is 3.94. The molecule has 0 amide bonds. The first-order valence-electron chi connectivity index (χ1n) is 6.56. The Morgan fingerprint density at radius 3 is 2.05 bits per heavy atom. The number of para-hydroxylation sites is 1. The smallest absolute Gasteiger partial charge is 0.203 e. The largest absolute Gasteiger partial charge is 0.493 e. The van der Waals surface area contributed by atoms with E-state index in [9.17, 15) is 4.79 Å². The van der Waals surface area contributed by atoms with Crippen molar-refractivity contribution >= 4 is 6.29 Å². The molecule has 0 fully saturated rings. The van der Waals surface area contributed by atoms with Crippen LogP contribution in [0.25, 0.3) is 0 Å². The maximum Gasteiger partial charge on any atom is 0.203 e. The minimum absolute atomic E-state index is 0.455. The minimum atomic E-state index is 0.455. The fraction of sp³-hybridized carbons (Fsp3) is 0.235. The molecule has 2 aromatic rings. The molecule has 0 saturated heterocycles. The molecule has 0 aliphatic carbocycles. The van der Waals surface area contributed by atoms with Crippen molar-refractivity contribution in [2.24, 2.45) is 0 Å². The van der Waals surface area contributed by atoms with Gasteiger partial charge in [0.1, 0.15) is 12.0 Å². The molecule has 2 aromatic carbocycles. The fourth-order valence-electron chi connectivity index (χ4n) is 2.16. The van der Waals surface area contributed by atoms with Crippen molar-refractivity contribution < 1.29 is 19.0 Å². The summed E-state index contributed by atoms with van der Waals surface area (Å²) in [6, 6.07) is 9.16. The lowest BCUT2D eigenvalue weighted by atomic mass is 10.1. The average molecular weight is 286 g/mol. The molecule has 0 unspecified atom stereocenters. The summed E-state index contributed by atoms with van der Waals surface area (Å²) in [4.78, 5) is 11.1. The van der Waals surface area contributed by atoms with E-state index in [2.05, 4.69) is 0 Å². The summed E-state index contributed by atoms with van der Waals surface area (Å²) in [5.74, 6) is 2.13. The van der Waals surface area contributed by atoms with E-state index in [4.69, 9.17) is 14.2 Å². The molecule has 0 aliphatic rings. The Kier molecular flexibility index (Phi) is 4.48. The van der Waals surface area contributed by atoms with Crippen molar-refractivity contribution in [1.29, 1.82) is 0 Å². The first-order chi connectivity index (χ1) is 10.1. The molecule has 0 atom stereocenters. The lowest BCUT2D eigenvalue weighted by Crippen LogP contribution is -1.98. The van der Waals surface area contributed by atoms with Gasteiger partial charge < -0.3 is 14.2 Å². The summed E-state index contributed by atoms with van der Waals surface area (Å²) in [5, 5.41) is 0. The highest BCUT2D eigenvalue weighted by Crippen LogP contribution is 2.41. The van der Waals surface area contributed by atoms with Crippen LogP contribution in [-0.4, -0.2) is 20.5 Å². The van der Waals surface area contributed by atoms with Crippen molar-refractivity contribution in [1.82, 2.24) is 0 Å². The van der Waals surface area contributed by atoms with Crippen molar-refractivity contribution in [2.45, 2.75) is 13.8 Å². The number of aldehydes is 1. The number of hydrogen-bond acceptors (Lipinski definition) is 4. The molecule has 4 heteroatoms. The van der Waals surface area contributed by atoms with Gasteiger partial charge in [0.15, 0.2) is 11.5 Å². The fourth-order valence-corrected chi connectivity index (χ4v) is 2.16. The van der Waals surface area contributed by atoms with Gasteiger partial charge in [0.05, 0.1) is 14.2 Å². The van der Waals surface area contributed by atoms with Gasteiger partial charge in [0.25, 0.3) is 0 Å². The monoisotopic (exact) mass is 286 g/mol. The number of carbonyl (C=O) groups excluding carboxylic acids is 1. The lowest BCUT2D eigenvalue weighted by Gasteiger charge is -2.16. The van der Waals surface area contributed by atoms with Crippen LogP contribution in [0.3, 0.4) is 0 Å². The normalized spacial score (nSPS) is 10.1. The Balaban J connectivity index is 2.55. The number of rotatable bonds is 5. The first-order valence-corrected chi connectivity index (χ1v) is 6.56. The Bertz CT molecular complexity index is 642. The Hall–Kier alpha value is -2.49. The van der Waals surface area contributed by atoms with Crippen LogP contribution >= 0.6 is 0 Å². The molecular formula is C17H18O4. The van der Waals surface area contributed by atoms with Crippen LogP contribution in [0.5, 0.6) is 23.0 Å². The van der Waals surface area contributed by atoms with Gasteiger partial charge in [-0.05, 0) is 37.1 Å². The summed E-state index contributed by atoms with van der Waals surface area (Å²) >= 11 is 0. The van der Waals surface area contributed by atoms with E-state index < -0.39 is 0 Å². The molecule has 0 saturated carbocycles. The van der Waals surface area contributed by atoms with Crippen LogP contribution in [0.4, 0.5) is 0 Å². The number of carbonyl (C=O) groups is 1. The van der Waals surface area contributed by atoms with Crippen molar-refractivity contribution in [2.75, 3.05) is 14.2 Å². The van der Waals surface area contributed by atoms with E-state index >= 15 is 0 Å². The van der Waals surface area contributed by atoms with E-state index in [1.165, 1.54) is 14.2 Å². The quantitative estimate of drug-likeness (QED) is 0.781. The number of methoxy groups -OCH3 is 2. The van der Waals surface area contributed by atoms with Gasteiger partial charge in [0.2, 0.25) is 5.75 Å². The summed E-state index contributed by atoms with van der Waals surface area (Å²) in [7, 11) is 3.06. The van der Waals surface area contributed by atoms with Crippen LogP contribution in [0, 0.1) is 13.8 Å². The molecule has 0 spiro atoms. The van der Waals surface area contributed by atoms with Crippen molar-refractivity contribution in [3.8, 4) is 23.0 Å². The van der Waals surface area contributed by atoms with Crippen molar-refractivity contribution in [3.05, 3.63) is 47.0 Å². The molecule has 0 radical (unpaired) electrons. The SMILES string of the molecule is COc1cc(C=O)cc(Oc2c(C)cccc2C)c1OC. The minimum Gasteiger partial charge on any atom is -0.493 e. The molecule has 0 N–H and O–H groups in total. The topological polar surface area (TPSA) is 44.8 Å². The zero-order chi connectivity index (χ0) is 15.4. The highest BCUT2D eigenvalue weighted by atomic mass is 16.5. The third-order valence-corrected chi connectivity index (χ3v) is 3.22. The van der Waals surface area contributed by atoms with E-state index in [0.29, 0.717) is 22.8 Å². The second-order valence-corrected chi connectivity index (χ2v) is 4.70. The standard InChI is InChI=1S/C17H18O4/c1-11-6-5-7-12(2)16(11)21-15-9-13(10-18)8-14(19-3)17(15)20-4/h5-10H,1-4H3. The van der Waals surface area contributed by atoms with Crippen LogP contribution in [0.15, 0.2) is 30.3 Å². The Morgan fingerprint density at radius 2 is 1.52 bits per heavy atom. The first kappa shape index (κ1) is 14.9. The van der Waals surface area contributed by atoms with E-state index in [-0.39, 0.29) is 0 Å². The second-order valence-electron chi connectivity index (χ2n) is 4.70. The Morgan fingerprint density at radius 1 is 0.905 bits per heavy atom. The predicted octanol–water partition coefficient (Wildman–Crippen LogP) is 3.93. The summed E-state index contributed by atoms with van der Waals surface area (Å²) in [6.07, 6.45) is 0.750. The zero-order valence-electron chi connectivity index (χ0n) is 12.6. The maximum atomic E-state index is 11.1. The molecule has 0 bridgehead atoms. The van der Waals surface area contributed by atoms with Crippen molar-refractivity contribution in [3.63, 3.8) is 0 Å². The molecular weight excluding hydrogens is 268 g/mol. The van der Waals surface area contributed by atoms with Gasteiger partial charge >= 0.3 is 0 Å². The molecule has 2 rings (SSSR count). The van der Waals surface area contributed by atoms with Gasteiger partial charge in [-0.2, -0.15) is 0 Å². The van der Waals surface area contributed by atoms with E-state index in [1.807, 2.05) is 32.0 Å². The van der Waals surface area contributed by atoms with Crippen LogP contribution in [0.1, 0.15) is 21.5 Å². The number of aryl methyl sites for hydroxylation is 2. The maximum absolute atomic E-state index is 11.1. The van der Waals surface area contributed by atoms with Crippen LogP contribution < -0.4 is 14.2 Å². The predicted molar refractivity (Wildman–Crippen MR) is 80.9 cm³/mol. The van der Waals surface area contributed by atoms with E-state index in [1.54, 1.807) is 12.1 Å². The van der Waals surface area contributed by atoms with Gasteiger partial charge in [-0.15, -0.1) is 0 Å². The number of ether oxygens (including phenoxy) is 3. The average Bonchev–Trinajstić information content (AvgIpc) is 2.50. The number of hydrogen-bond donors (Lipinski definition) is 0. The third kappa shape index (κ3) is 2.99. The number of benzene rings is 2. The van der Waals surface area contributed by atoms with Crippen LogP contribution in [-0.2, 0) is 0 Å². The Labute approximate surface area is 124 Å². The second kappa shape index (κ2) is 6.31. The summed E-state index contributed by atoms with van der Waals surface area (Å²) in [5.41, 5.74) is 2.48. The van der Waals surface area contributed by atoms with Gasteiger partial charge in [-0.25, -0.2) is 0 Å². The molecule has 110 valence electrons. The molecule has 21 heavy (non-hydrogen) atoms. The molecule has 0 aliphatic heterocycles. The van der Waals surface area contributed by atoms with Gasteiger partial charge in [0, 0.05) is 5.56 Å². The zero-order valence-corrected chi connectivity index (χ0v) is 12.6. The molecule has 4 nitrogen and oxygen atoms in total. The van der Waals surface area contributed by atoms with E-state index in [0.717, 1.165) is 23.2 Å². The highest BCUT2D eigenvalue weighted by Gasteiger charge is 2.16. The molecule has 0 heterocycles.